The predicted octanol–water partition coefficient (Wildman–Crippen LogP) is 5.35. The van der Waals surface area contributed by atoms with Crippen LogP contribution in [0.3, 0.4) is 0 Å². The first kappa shape index (κ1) is 23.4. The van der Waals surface area contributed by atoms with E-state index in [-0.39, 0.29) is 18.9 Å². The van der Waals surface area contributed by atoms with Gasteiger partial charge in [0.25, 0.3) is 0 Å². The largest absolute Gasteiger partial charge is 0.494 e. The second kappa shape index (κ2) is 10.4. The first-order chi connectivity index (χ1) is 16.5. The molecule has 0 saturated carbocycles. The van der Waals surface area contributed by atoms with E-state index in [1.807, 2.05) is 67.6 Å². The van der Waals surface area contributed by atoms with Crippen molar-refractivity contribution < 1.29 is 24.2 Å². The molecule has 0 fully saturated rings. The summed E-state index contributed by atoms with van der Waals surface area (Å²) in [6, 6.07) is 22.4. The molecule has 1 N–H and O–H groups in total. The molecule has 176 valence electrons. The summed E-state index contributed by atoms with van der Waals surface area (Å²) in [7, 11) is 1.47. The van der Waals surface area contributed by atoms with Gasteiger partial charge in [0.15, 0.2) is 0 Å². The molecule has 0 unspecified atom stereocenters. The molecule has 0 radical (unpaired) electrons. The van der Waals surface area contributed by atoms with Crippen LogP contribution in [0.2, 0.25) is 0 Å². The Balaban J connectivity index is 1.42. The third-order valence-electron chi connectivity index (χ3n) is 6.20. The number of hydrogen-bond acceptors (Lipinski definition) is 4. The van der Waals surface area contributed by atoms with E-state index in [4.69, 9.17) is 9.47 Å². The minimum atomic E-state index is -1.08. The van der Waals surface area contributed by atoms with E-state index in [1.54, 1.807) is 0 Å². The van der Waals surface area contributed by atoms with Crippen LogP contribution in [0.4, 0.5) is 4.79 Å². The highest BCUT2D eigenvalue weighted by molar-refractivity contribution is 5.81. The molecule has 0 aromatic heterocycles. The number of carbonyl (C=O) groups excluding carboxylic acids is 1. The minimum absolute atomic E-state index is 0.0799. The summed E-state index contributed by atoms with van der Waals surface area (Å²) in [4.78, 5) is 26.0. The van der Waals surface area contributed by atoms with E-state index in [0.29, 0.717) is 6.61 Å². The number of carboxylic acid groups (broad SMARTS) is 1. The summed E-state index contributed by atoms with van der Waals surface area (Å²) in [6.45, 7) is 2.81. The lowest BCUT2D eigenvalue weighted by molar-refractivity contribution is -0.142. The maximum atomic E-state index is 12.9. The number of rotatable bonds is 9. The SMILES string of the molecule is CCCOc1ccc(C[C@@H](C(=O)O)N(C)C(=O)OCC2c3ccccc3-c3ccccc32)cc1. The number of likely N-dealkylation sites (N-methyl/N-ethyl adjacent to an activating group) is 1. The summed E-state index contributed by atoms with van der Waals surface area (Å²) in [6.07, 6.45) is 0.426. The molecule has 6 nitrogen and oxygen atoms in total. The van der Waals surface area contributed by atoms with Crippen LogP contribution >= 0.6 is 0 Å². The van der Waals surface area contributed by atoms with Gasteiger partial charge in [0, 0.05) is 19.4 Å². The molecule has 0 saturated heterocycles. The zero-order valence-corrected chi connectivity index (χ0v) is 19.4. The number of aliphatic carboxylic acids is 1. The molecule has 6 heteroatoms. The first-order valence-electron chi connectivity index (χ1n) is 11.5. The third kappa shape index (κ3) is 4.91. The summed E-state index contributed by atoms with van der Waals surface area (Å²) in [5.74, 6) is -0.423. The number of carbonyl (C=O) groups is 2. The van der Waals surface area contributed by atoms with E-state index in [1.165, 1.54) is 7.05 Å². The molecule has 3 aromatic rings. The van der Waals surface area contributed by atoms with Gasteiger partial charge >= 0.3 is 12.1 Å². The van der Waals surface area contributed by atoms with Crippen LogP contribution in [-0.2, 0) is 16.0 Å². The lowest BCUT2D eigenvalue weighted by Crippen LogP contribution is -2.44. The number of carboxylic acids is 1. The van der Waals surface area contributed by atoms with Crippen molar-refractivity contribution >= 4 is 12.1 Å². The fourth-order valence-electron chi connectivity index (χ4n) is 4.38. The maximum Gasteiger partial charge on any atom is 0.410 e. The average molecular weight is 460 g/mol. The molecule has 1 aliphatic rings. The van der Waals surface area contributed by atoms with Crippen LogP contribution in [0.15, 0.2) is 72.8 Å². The zero-order chi connectivity index (χ0) is 24.1. The second-order valence-electron chi connectivity index (χ2n) is 8.47. The molecule has 0 bridgehead atoms. The minimum Gasteiger partial charge on any atom is -0.494 e. The highest BCUT2D eigenvalue weighted by Gasteiger charge is 2.32. The van der Waals surface area contributed by atoms with Crippen molar-refractivity contribution in [2.75, 3.05) is 20.3 Å². The number of nitrogens with zero attached hydrogens (tertiary/aromatic N) is 1. The number of benzene rings is 3. The van der Waals surface area contributed by atoms with Crippen LogP contribution in [0.1, 0.15) is 36.0 Å². The fourth-order valence-corrected chi connectivity index (χ4v) is 4.38. The van der Waals surface area contributed by atoms with Gasteiger partial charge in [-0.2, -0.15) is 0 Å². The molecule has 0 heterocycles. The van der Waals surface area contributed by atoms with E-state index in [9.17, 15) is 14.7 Å². The van der Waals surface area contributed by atoms with E-state index in [2.05, 4.69) is 12.1 Å². The van der Waals surface area contributed by atoms with Gasteiger partial charge in [-0.15, -0.1) is 0 Å². The molecular weight excluding hydrogens is 430 g/mol. The van der Waals surface area contributed by atoms with Gasteiger partial charge < -0.3 is 14.6 Å². The van der Waals surface area contributed by atoms with Gasteiger partial charge in [-0.05, 0) is 46.4 Å². The zero-order valence-electron chi connectivity index (χ0n) is 19.4. The lowest BCUT2D eigenvalue weighted by Gasteiger charge is -2.25. The normalized spacial score (nSPS) is 13.0. The Bertz CT molecular complexity index is 1110. The summed E-state index contributed by atoms with van der Waals surface area (Å²) in [5, 5.41) is 9.79. The van der Waals surface area contributed by atoms with Gasteiger partial charge in [0.05, 0.1) is 6.61 Å². The highest BCUT2D eigenvalue weighted by atomic mass is 16.6. The lowest BCUT2D eigenvalue weighted by atomic mass is 9.98. The topological polar surface area (TPSA) is 76.1 Å². The van der Waals surface area contributed by atoms with E-state index >= 15 is 0 Å². The summed E-state index contributed by atoms with van der Waals surface area (Å²) >= 11 is 0. The summed E-state index contributed by atoms with van der Waals surface area (Å²) < 4.78 is 11.2. The number of fused-ring (bicyclic) bond motifs is 3. The van der Waals surface area contributed by atoms with Crippen molar-refractivity contribution in [2.24, 2.45) is 0 Å². The molecule has 1 amide bonds. The van der Waals surface area contributed by atoms with Gasteiger partial charge in [-0.1, -0.05) is 67.6 Å². The fraction of sp³-hybridized carbons (Fsp3) is 0.286. The molecule has 1 aliphatic carbocycles. The molecule has 4 rings (SSSR count). The third-order valence-corrected chi connectivity index (χ3v) is 6.20. The smallest absolute Gasteiger partial charge is 0.410 e. The average Bonchev–Trinajstić information content (AvgIpc) is 3.18. The molecule has 0 aliphatic heterocycles. The monoisotopic (exact) mass is 459 g/mol. The van der Waals surface area contributed by atoms with Gasteiger partial charge in [0.1, 0.15) is 18.4 Å². The van der Waals surface area contributed by atoms with E-state index < -0.39 is 18.1 Å². The Hall–Kier alpha value is -3.80. The van der Waals surface area contributed by atoms with Crippen molar-refractivity contribution in [1.82, 2.24) is 4.90 Å². The van der Waals surface area contributed by atoms with Crippen LogP contribution in [0.5, 0.6) is 5.75 Å². The van der Waals surface area contributed by atoms with E-state index in [0.717, 1.165) is 44.9 Å². The molecular formula is C28H29NO5. The van der Waals surface area contributed by atoms with Crippen LogP contribution in [0.25, 0.3) is 11.1 Å². The molecule has 34 heavy (non-hydrogen) atoms. The van der Waals surface area contributed by atoms with Crippen molar-refractivity contribution in [2.45, 2.75) is 31.7 Å². The van der Waals surface area contributed by atoms with Crippen molar-refractivity contribution in [3.8, 4) is 16.9 Å². The summed E-state index contributed by atoms with van der Waals surface area (Å²) in [5.41, 5.74) is 5.30. The maximum absolute atomic E-state index is 12.9. The quantitative estimate of drug-likeness (QED) is 0.467. The highest BCUT2D eigenvalue weighted by Crippen LogP contribution is 2.44. The first-order valence-corrected chi connectivity index (χ1v) is 11.5. The predicted molar refractivity (Wildman–Crippen MR) is 130 cm³/mol. The number of hydrogen-bond donors (Lipinski definition) is 1. The van der Waals surface area contributed by atoms with Crippen LogP contribution in [0, 0.1) is 0 Å². The molecule has 1 atom stereocenters. The number of amides is 1. The molecule has 0 spiro atoms. The standard InChI is InChI=1S/C28H29NO5/c1-3-16-33-20-14-12-19(13-15-20)17-26(27(30)31)29(2)28(32)34-18-25-23-10-6-4-8-21(23)22-9-5-7-11-24(22)25/h4-15,25-26H,3,16-18H2,1-2H3,(H,30,31)/t26-/m0/s1. The number of ether oxygens (including phenoxy) is 2. The second-order valence-corrected chi connectivity index (χ2v) is 8.47. The van der Waals surface area contributed by atoms with Gasteiger partial charge in [-0.3, -0.25) is 4.90 Å². The van der Waals surface area contributed by atoms with Gasteiger partial charge in [-0.25, -0.2) is 9.59 Å². The Labute approximate surface area is 199 Å². The Kier molecular flexibility index (Phi) is 7.16. The molecule has 3 aromatic carbocycles. The van der Waals surface area contributed by atoms with Crippen LogP contribution in [-0.4, -0.2) is 48.4 Å². The van der Waals surface area contributed by atoms with Crippen molar-refractivity contribution in [1.29, 1.82) is 0 Å². The Morgan fingerprint density at radius 3 is 2.09 bits per heavy atom. The Morgan fingerprint density at radius 1 is 0.941 bits per heavy atom. The Morgan fingerprint density at radius 2 is 1.53 bits per heavy atom. The van der Waals surface area contributed by atoms with Gasteiger partial charge in [0.2, 0.25) is 0 Å². The van der Waals surface area contributed by atoms with Crippen LogP contribution < -0.4 is 4.74 Å². The van der Waals surface area contributed by atoms with Crippen molar-refractivity contribution in [3.05, 3.63) is 89.5 Å². The van der Waals surface area contributed by atoms with Crippen molar-refractivity contribution in [3.63, 3.8) is 0 Å².